The number of aliphatic hydroxyl groups excluding tert-OH is 1. The van der Waals surface area contributed by atoms with E-state index in [4.69, 9.17) is 4.74 Å². The topological polar surface area (TPSA) is 80.5 Å². The monoisotopic (exact) mass is 316 g/mol. The van der Waals surface area contributed by atoms with E-state index in [2.05, 4.69) is 10.3 Å². The quantitative estimate of drug-likeness (QED) is 0.882. The van der Waals surface area contributed by atoms with E-state index in [9.17, 15) is 9.90 Å². The van der Waals surface area contributed by atoms with Crippen LogP contribution < -0.4 is 4.74 Å². The molecular weight excluding hydrogens is 296 g/mol. The van der Waals surface area contributed by atoms with Gasteiger partial charge in [-0.1, -0.05) is 17.3 Å². The Morgan fingerprint density at radius 1 is 1.43 bits per heavy atom. The highest BCUT2D eigenvalue weighted by atomic mass is 16.5. The first kappa shape index (κ1) is 15.5. The molecule has 23 heavy (non-hydrogen) atoms. The van der Waals surface area contributed by atoms with Gasteiger partial charge in [-0.15, -0.1) is 5.10 Å². The molecule has 122 valence electrons. The minimum absolute atomic E-state index is 0.0284. The summed E-state index contributed by atoms with van der Waals surface area (Å²) in [6, 6.07) is 7.49. The number of hydrogen-bond acceptors (Lipinski definition) is 5. The smallest absolute Gasteiger partial charge is 0.226 e. The maximum Gasteiger partial charge on any atom is 0.226 e. The van der Waals surface area contributed by atoms with Gasteiger partial charge in [0.2, 0.25) is 5.91 Å². The molecule has 2 atom stereocenters. The van der Waals surface area contributed by atoms with E-state index in [-0.39, 0.29) is 18.4 Å². The lowest BCUT2D eigenvalue weighted by molar-refractivity contribution is -0.131. The fourth-order valence-electron chi connectivity index (χ4n) is 2.75. The van der Waals surface area contributed by atoms with Gasteiger partial charge in [0.1, 0.15) is 5.75 Å². The zero-order chi connectivity index (χ0) is 16.2. The first-order valence-corrected chi connectivity index (χ1v) is 7.64. The van der Waals surface area contributed by atoms with Crippen LogP contribution in [0.15, 0.2) is 36.7 Å². The number of amides is 1. The van der Waals surface area contributed by atoms with E-state index in [1.54, 1.807) is 22.0 Å². The normalized spacial score (nSPS) is 20.7. The zero-order valence-corrected chi connectivity index (χ0v) is 13.0. The molecule has 7 nitrogen and oxygen atoms in total. The number of aliphatic hydroxyl groups is 1. The van der Waals surface area contributed by atoms with E-state index in [0.29, 0.717) is 19.7 Å². The number of carbonyl (C=O) groups excluding carboxylic acids is 1. The lowest BCUT2D eigenvalue weighted by Crippen LogP contribution is -2.30. The first-order chi connectivity index (χ1) is 11.1. The average molecular weight is 316 g/mol. The Balaban J connectivity index is 1.49. The van der Waals surface area contributed by atoms with Crippen molar-refractivity contribution in [2.75, 3.05) is 19.7 Å². The van der Waals surface area contributed by atoms with Crippen molar-refractivity contribution in [3.8, 4) is 5.75 Å². The Labute approximate surface area is 134 Å². The number of aromatic nitrogens is 3. The van der Waals surface area contributed by atoms with Gasteiger partial charge in [-0.25, -0.2) is 4.68 Å². The molecule has 1 aliphatic heterocycles. The number of likely N-dealkylation sites (tertiary alicyclic amines) is 1. The van der Waals surface area contributed by atoms with E-state index in [0.717, 1.165) is 11.3 Å². The van der Waals surface area contributed by atoms with Gasteiger partial charge < -0.3 is 14.7 Å². The largest absolute Gasteiger partial charge is 0.493 e. The lowest BCUT2D eigenvalue weighted by Gasteiger charge is -2.16. The maximum absolute atomic E-state index is 12.3. The fraction of sp³-hybridized carbons (Fsp3) is 0.438. The SMILES string of the molecule is Cc1cccc(OCCC(=O)N2C[C@@H](O)[C@H](n3ccnn3)C2)c1. The summed E-state index contributed by atoms with van der Waals surface area (Å²) in [5.74, 6) is 0.735. The van der Waals surface area contributed by atoms with Crippen LogP contribution in [0.1, 0.15) is 18.0 Å². The van der Waals surface area contributed by atoms with Crippen molar-refractivity contribution in [2.45, 2.75) is 25.5 Å². The van der Waals surface area contributed by atoms with Gasteiger partial charge in [-0.2, -0.15) is 0 Å². The molecule has 0 spiro atoms. The van der Waals surface area contributed by atoms with Gasteiger partial charge in [-0.3, -0.25) is 4.79 Å². The second-order valence-corrected chi connectivity index (χ2v) is 5.73. The summed E-state index contributed by atoms with van der Waals surface area (Å²) in [7, 11) is 0. The molecule has 0 unspecified atom stereocenters. The standard InChI is InChI=1S/C16H20N4O3/c1-12-3-2-4-13(9-12)23-8-5-16(22)19-10-14(15(21)11-19)20-7-6-17-18-20/h2-4,6-7,9,14-15,21H,5,8,10-11H2,1H3/t14-,15-/m1/s1. The third-order valence-electron chi connectivity index (χ3n) is 3.97. The summed E-state index contributed by atoms with van der Waals surface area (Å²) in [4.78, 5) is 13.9. The molecule has 1 saturated heterocycles. The summed E-state index contributed by atoms with van der Waals surface area (Å²) in [6.07, 6.45) is 2.92. The summed E-state index contributed by atoms with van der Waals surface area (Å²) >= 11 is 0. The molecule has 1 aromatic carbocycles. The molecule has 1 fully saturated rings. The van der Waals surface area contributed by atoms with Crippen LogP contribution in [0.2, 0.25) is 0 Å². The summed E-state index contributed by atoms with van der Waals surface area (Å²) in [5, 5.41) is 17.7. The lowest BCUT2D eigenvalue weighted by atomic mass is 10.2. The highest BCUT2D eigenvalue weighted by Gasteiger charge is 2.35. The maximum atomic E-state index is 12.3. The molecule has 0 bridgehead atoms. The Morgan fingerprint density at radius 2 is 2.30 bits per heavy atom. The van der Waals surface area contributed by atoms with Crippen LogP contribution in [0.5, 0.6) is 5.75 Å². The molecule has 2 aromatic rings. The highest BCUT2D eigenvalue weighted by molar-refractivity contribution is 5.76. The fourth-order valence-corrected chi connectivity index (χ4v) is 2.75. The second-order valence-electron chi connectivity index (χ2n) is 5.73. The van der Waals surface area contributed by atoms with Gasteiger partial charge in [0.15, 0.2) is 0 Å². The number of hydrogen-bond donors (Lipinski definition) is 1. The third-order valence-corrected chi connectivity index (χ3v) is 3.97. The van der Waals surface area contributed by atoms with Crippen LogP contribution >= 0.6 is 0 Å². The van der Waals surface area contributed by atoms with Crippen molar-refractivity contribution >= 4 is 5.91 Å². The van der Waals surface area contributed by atoms with E-state index < -0.39 is 6.10 Å². The van der Waals surface area contributed by atoms with Crippen molar-refractivity contribution < 1.29 is 14.6 Å². The number of benzene rings is 1. The number of ether oxygens (including phenoxy) is 1. The molecular formula is C16H20N4O3. The second kappa shape index (κ2) is 6.78. The van der Waals surface area contributed by atoms with Gasteiger partial charge in [0.05, 0.1) is 31.4 Å². The summed E-state index contributed by atoms with van der Waals surface area (Å²) in [6.45, 7) is 3.07. The summed E-state index contributed by atoms with van der Waals surface area (Å²) in [5.41, 5.74) is 1.12. The molecule has 0 aliphatic carbocycles. The molecule has 7 heteroatoms. The minimum Gasteiger partial charge on any atom is -0.493 e. The molecule has 0 saturated carbocycles. The molecule has 1 N–H and O–H groups in total. The van der Waals surface area contributed by atoms with Crippen LogP contribution in [0.3, 0.4) is 0 Å². The third kappa shape index (κ3) is 3.68. The molecule has 1 amide bonds. The van der Waals surface area contributed by atoms with E-state index in [1.165, 1.54) is 0 Å². The van der Waals surface area contributed by atoms with Crippen molar-refractivity contribution in [1.82, 2.24) is 19.9 Å². The van der Waals surface area contributed by atoms with E-state index >= 15 is 0 Å². The molecule has 0 radical (unpaired) electrons. The highest BCUT2D eigenvalue weighted by Crippen LogP contribution is 2.22. The van der Waals surface area contributed by atoms with Crippen molar-refractivity contribution in [3.05, 3.63) is 42.2 Å². The van der Waals surface area contributed by atoms with Crippen molar-refractivity contribution in [2.24, 2.45) is 0 Å². The zero-order valence-electron chi connectivity index (χ0n) is 13.0. The molecule has 2 heterocycles. The first-order valence-electron chi connectivity index (χ1n) is 7.64. The molecule has 1 aromatic heterocycles. The number of nitrogens with zero attached hydrogens (tertiary/aromatic N) is 4. The van der Waals surface area contributed by atoms with Gasteiger partial charge >= 0.3 is 0 Å². The molecule has 1 aliphatic rings. The predicted octanol–water partition coefficient (Wildman–Crippen LogP) is 0.800. The van der Waals surface area contributed by atoms with Crippen LogP contribution in [0.25, 0.3) is 0 Å². The Kier molecular flexibility index (Phi) is 4.57. The Bertz CT molecular complexity index is 659. The number of carbonyl (C=O) groups is 1. The minimum atomic E-state index is -0.627. The Hall–Kier alpha value is -2.41. The number of β-amino-alcohol motifs (C(OH)–C–C–N with tert-alkyl or cyclic N) is 1. The number of rotatable bonds is 5. The number of aryl methyl sites for hydroxylation is 1. The summed E-state index contributed by atoms with van der Waals surface area (Å²) < 4.78 is 7.20. The van der Waals surface area contributed by atoms with E-state index in [1.807, 2.05) is 31.2 Å². The predicted molar refractivity (Wildman–Crippen MR) is 82.9 cm³/mol. The van der Waals surface area contributed by atoms with Gasteiger partial charge in [-0.05, 0) is 24.6 Å². The van der Waals surface area contributed by atoms with Gasteiger partial charge in [0, 0.05) is 19.3 Å². The Morgan fingerprint density at radius 3 is 3.04 bits per heavy atom. The van der Waals surface area contributed by atoms with Gasteiger partial charge in [0.25, 0.3) is 0 Å². The molecule has 3 rings (SSSR count). The average Bonchev–Trinajstić information content (AvgIpc) is 3.16. The van der Waals surface area contributed by atoms with Crippen molar-refractivity contribution in [3.63, 3.8) is 0 Å². The van der Waals surface area contributed by atoms with Crippen LogP contribution in [-0.4, -0.2) is 56.7 Å². The van der Waals surface area contributed by atoms with Crippen LogP contribution in [0, 0.1) is 6.92 Å². The van der Waals surface area contributed by atoms with Crippen LogP contribution in [-0.2, 0) is 4.79 Å². The van der Waals surface area contributed by atoms with Crippen LogP contribution in [0.4, 0.5) is 0 Å². The van der Waals surface area contributed by atoms with Crippen molar-refractivity contribution in [1.29, 1.82) is 0 Å².